The molecule has 6 heteroatoms. The first kappa shape index (κ1) is 25.8. The Labute approximate surface area is 211 Å². The monoisotopic (exact) mass is 496 g/mol. The van der Waals surface area contributed by atoms with Gasteiger partial charge < -0.3 is 10.2 Å². The standard InChI is InChI=1S/C28H30Cl2N2O2/c1-2-17-31-28(34)26(19-21-9-4-3-5-10-21)32(20-22-11-8-13-24(29)18-22)27(33)16-15-23-12-6-7-14-25(23)30/h3-14,18,26H,2,15-17,19-20H2,1H3,(H,31,34)/t26-/m1/s1. The summed E-state index contributed by atoms with van der Waals surface area (Å²) in [5.41, 5.74) is 2.78. The van der Waals surface area contributed by atoms with Gasteiger partial charge in [-0.25, -0.2) is 0 Å². The highest BCUT2D eigenvalue weighted by molar-refractivity contribution is 6.31. The molecule has 0 saturated heterocycles. The molecule has 0 aromatic heterocycles. The third-order valence-corrected chi connectivity index (χ3v) is 6.23. The van der Waals surface area contributed by atoms with E-state index in [1.54, 1.807) is 11.0 Å². The second kappa shape index (κ2) is 13.2. The van der Waals surface area contributed by atoms with E-state index in [2.05, 4.69) is 5.32 Å². The molecule has 3 aromatic rings. The number of benzene rings is 3. The molecule has 0 fully saturated rings. The van der Waals surface area contributed by atoms with Gasteiger partial charge in [0, 0.05) is 36.0 Å². The molecule has 0 bridgehead atoms. The molecule has 0 radical (unpaired) electrons. The van der Waals surface area contributed by atoms with Gasteiger partial charge in [-0.15, -0.1) is 0 Å². The van der Waals surface area contributed by atoms with Crippen LogP contribution in [0.3, 0.4) is 0 Å². The molecule has 0 saturated carbocycles. The molecule has 3 aromatic carbocycles. The lowest BCUT2D eigenvalue weighted by Gasteiger charge is -2.32. The van der Waals surface area contributed by atoms with Crippen molar-refractivity contribution in [1.29, 1.82) is 0 Å². The Bertz CT molecular complexity index is 1090. The molecular weight excluding hydrogens is 467 g/mol. The smallest absolute Gasteiger partial charge is 0.243 e. The average molecular weight is 497 g/mol. The highest BCUT2D eigenvalue weighted by Gasteiger charge is 2.30. The van der Waals surface area contributed by atoms with E-state index in [9.17, 15) is 9.59 Å². The fourth-order valence-electron chi connectivity index (χ4n) is 3.84. The van der Waals surface area contributed by atoms with Gasteiger partial charge in [-0.3, -0.25) is 9.59 Å². The van der Waals surface area contributed by atoms with E-state index in [1.165, 1.54) is 0 Å². The van der Waals surface area contributed by atoms with Gasteiger partial charge >= 0.3 is 0 Å². The van der Waals surface area contributed by atoms with E-state index in [0.29, 0.717) is 36.0 Å². The molecule has 0 heterocycles. The number of hydrogen-bond acceptors (Lipinski definition) is 2. The van der Waals surface area contributed by atoms with Crippen LogP contribution in [0.5, 0.6) is 0 Å². The highest BCUT2D eigenvalue weighted by Crippen LogP contribution is 2.21. The number of carbonyl (C=O) groups excluding carboxylic acids is 2. The zero-order valence-corrected chi connectivity index (χ0v) is 20.9. The van der Waals surface area contributed by atoms with E-state index in [-0.39, 0.29) is 18.2 Å². The summed E-state index contributed by atoms with van der Waals surface area (Å²) in [4.78, 5) is 28.6. The number of nitrogens with zero attached hydrogens (tertiary/aromatic N) is 1. The summed E-state index contributed by atoms with van der Waals surface area (Å²) in [6, 6.07) is 24.1. The van der Waals surface area contributed by atoms with Crippen LogP contribution in [0.15, 0.2) is 78.9 Å². The second-order valence-corrected chi connectivity index (χ2v) is 9.08. The maximum absolute atomic E-state index is 13.6. The summed E-state index contributed by atoms with van der Waals surface area (Å²) < 4.78 is 0. The summed E-state index contributed by atoms with van der Waals surface area (Å²) in [6.45, 7) is 2.85. The quantitative estimate of drug-likeness (QED) is 0.349. The molecule has 0 aliphatic heterocycles. The Morgan fingerprint density at radius 2 is 1.62 bits per heavy atom. The molecule has 2 amide bonds. The van der Waals surface area contributed by atoms with Crippen LogP contribution in [0.2, 0.25) is 10.0 Å². The van der Waals surface area contributed by atoms with Crippen LogP contribution in [0.25, 0.3) is 0 Å². The van der Waals surface area contributed by atoms with E-state index >= 15 is 0 Å². The Kier molecular flexibility index (Phi) is 9.99. The van der Waals surface area contributed by atoms with Crippen molar-refractivity contribution in [2.24, 2.45) is 0 Å². The predicted octanol–water partition coefficient (Wildman–Crippen LogP) is 6.09. The van der Waals surface area contributed by atoms with Gasteiger partial charge in [-0.1, -0.05) is 90.8 Å². The molecule has 3 rings (SSSR count). The zero-order valence-electron chi connectivity index (χ0n) is 19.3. The second-order valence-electron chi connectivity index (χ2n) is 8.24. The molecule has 0 aliphatic rings. The minimum absolute atomic E-state index is 0.104. The molecule has 0 aliphatic carbocycles. The van der Waals surface area contributed by atoms with E-state index in [0.717, 1.165) is 23.1 Å². The van der Waals surface area contributed by atoms with E-state index < -0.39 is 6.04 Å². The van der Waals surface area contributed by atoms with Crippen LogP contribution >= 0.6 is 23.2 Å². The van der Waals surface area contributed by atoms with E-state index in [4.69, 9.17) is 23.2 Å². The van der Waals surface area contributed by atoms with Crippen molar-refractivity contribution in [1.82, 2.24) is 10.2 Å². The summed E-state index contributed by atoms with van der Waals surface area (Å²) >= 11 is 12.5. The summed E-state index contributed by atoms with van der Waals surface area (Å²) in [5, 5.41) is 4.22. The van der Waals surface area contributed by atoms with Crippen molar-refractivity contribution in [3.8, 4) is 0 Å². The number of carbonyl (C=O) groups is 2. The van der Waals surface area contributed by atoms with Crippen LogP contribution in [0.4, 0.5) is 0 Å². The molecule has 34 heavy (non-hydrogen) atoms. The number of hydrogen-bond donors (Lipinski definition) is 1. The number of aryl methyl sites for hydroxylation is 1. The van der Waals surface area contributed by atoms with Gasteiger partial charge in [-0.2, -0.15) is 0 Å². The highest BCUT2D eigenvalue weighted by atomic mass is 35.5. The van der Waals surface area contributed by atoms with Gasteiger partial charge in [0.1, 0.15) is 6.04 Å². The lowest BCUT2D eigenvalue weighted by atomic mass is 10.0. The van der Waals surface area contributed by atoms with Crippen molar-refractivity contribution >= 4 is 35.0 Å². The first-order valence-corrected chi connectivity index (χ1v) is 12.3. The van der Waals surface area contributed by atoms with Crippen molar-refractivity contribution in [2.75, 3.05) is 6.54 Å². The Morgan fingerprint density at radius 3 is 2.32 bits per heavy atom. The predicted molar refractivity (Wildman–Crippen MR) is 139 cm³/mol. The number of amides is 2. The maximum Gasteiger partial charge on any atom is 0.243 e. The molecule has 1 atom stereocenters. The van der Waals surface area contributed by atoms with Gasteiger partial charge in [0.15, 0.2) is 0 Å². The van der Waals surface area contributed by atoms with Crippen molar-refractivity contribution in [3.63, 3.8) is 0 Å². The van der Waals surface area contributed by atoms with Crippen molar-refractivity contribution in [3.05, 3.63) is 106 Å². The molecule has 178 valence electrons. The third kappa shape index (κ3) is 7.61. The topological polar surface area (TPSA) is 49.4 Å². The zero-order chi connectivity index (χ0) is 24.3. The van der Waals surface area contributed by atoms with Crippen LogP contribution in [-0.4, -0.2) is 29.3 Å². The average Bonchev–Trinajstić information content (AvgIpc) is 2.84. The molecule has 0 spiro atoms. The number of nitrogens with one attached hydrogen (secondary N) is 1. The fourth-order valence-corrected chi connectivity index (χ4v) is 4.28. The third-order valence-electron chi connectivity index (χ3n) is 5.63. The summed E-state index contributed by atoms with van der Waals surface area (Å²) in [7, 11) is 0. The number of halogens is 2. The normalized spacial score (nSPS) is 11.6. The van der Waals surface area contributed by atoms with Gasteiger partial charge in [0.2, 0.25) is 11.8 Å². The SMILES string of the molecule is CCCNC(=O)[C@@H](Cc1ccccc1)N(Cc1cccc(Cl)c1)C(=O)CCc1ccccc1Cl. The number of rotatable bonds is 11. The van der Waals surface area contributed by atoms with Gasteiger partial charge in [-0.05, 0) is 47.7 Å². The first-order valence-electron chi connectivity index (χ1n) is 11.6. The lowest BCUT2D eigenvalue weighted by Crippen LogP contribution is -2.50. The van der Waals surface area contributed by atoms with Gasteiger partial charge in [0.25, 0.3) is 0 Å². The molecular formula is C28H30Cl2N2O2. The largest absolute Gasteiger partial charge is 0.354 e. The lowest BCUT2D eigenvalue weighted by molar-refractivity contribution is -0.141. The first-order chi connectivity index (χ1) is 16.5. The maximum atomic E-state index is 13.6. The Balaban J connectivity index is 1.90. The van der Waals surface area contributed by atoms with Gasteiger partial charge in [0.05, 0.1) is 0 Å². The minimum atomic E-state index is -0.647. The van der Waals surface area contributed by atoms with Crippen molar-refractivity contribution < 1.29 is 9.59 Å². The fraction of sp³-hybridized carbons (Fsp3) is 0.286. The van der Waals surface area contributed by atoms with Crippen LogP contribution in [0, 0.1) is 0 Å². The summed E-state index contributed by atoms with van der Waals surface area (Å²) in [6.07, 6.45) is 1.99. The van der Waals surface area contributed by atoms with Crippen LogP contribution < -0.4 is 5.32 Å². The van der Waals surface area contributed by atoms with Crippen LogP contribution in [-0.2, 0) is 29.0 Å². The Hall–Kier alpha value is -2.82. The Morgan fingerprint density at radius 1 is 0.912 bits per heavy atom. The van der Waals surface area contributed by atoms with E-state index in [1.807, 2.05) is 79.7 Å². The molecule has 0 unspecified atom stereocenters. The molecule has 4 nitrogen and oxygen atoms in total. The van der Waals surface area contributed by atoms with Crippen LogP contribution in [0.1, 0.15) is 36.5 Å². The minimum Gasteiger partial charge on any atom is -0.354 e. The molecule has 1 N–H and O–H groups in total. The summed E-state index contributed by atoms with van der Waals surface area (Å²) in [5.74, 6) is -0.258. The van der Waals surface area contributed by atoms with Crippen molar-refractivity contribution in [2.45, 2.75) is 45.2 Å².